The normalized spacial score (nSPS) is 32.1. The summed E-state index contributed by atoms with van der Waals surface area (Å²) < 4.78 is 0. The summed E-state index contributed by atoms with van der Waals surface area (Å²) in [6.45, 7) is 1.94. The Morgan fingerprint density at radius 1 is 1.80 bits per heavy atom. The van der Waals surface area contributed by atoms with E-state index in [1.807, 2.05) is 13.0 Å². The summed E-state index contributed by atoms with van der Waals surface area (Å²) in [7, 11) is 0. The highest BCUT2D eigenvalue weighted by molar-refractivity contribution is 6.29. The maximum atomic E-state index is 9.64. The summed E-state index contributed by atoms with van der Waals surface area (Å²) in [6.07, 6.45) is 6.68. The average Bonchev–Trinajstić information content (AvgIpc) is 1.88. The SMILES string of the molecule is CCC1(O)C=CC=C(Cl)C1. The van der Waals surface area contributed by atoms with Gasteiger partial charge in [0.1, 0.15) is 0 Å². The van der Waals surface area contributed by atoms with Crippen molar-refractivity contribution in [2.24, 2.45) is 0 Å². The minimum atomic E-state index is -0.689. The quantitative estimate of drug-likeness (QED) is 0.621. The summed E-state index contributed by atoms with van der Waals surface area (Å²) in [5.41, 5.74) is -0.689. The van der Waals surface area contributed by atoms with Gasteiger partial charge in [-0.3, -0.25) is 0 Å². The van der Waals surface area contributed by atoms with Crippen LogP contribution in [-0.4, -0.2) is 10.7 Å². The van der Waals surface area contributed by atoms with Crippen molar-refractivity contribution in [3.05, 3.63) is 23.3 Å². The van der Waals surface area contributed by atoms with Crippen molar-refractivity contribution in [2.75, 3.05) is 0 Å². The van der Waals surface area contributed by atoms with Gasteiger partial charge < -0.3 is 5.11 Å². The van der Waals surface area contributed by atoms with E-state index in [4.69, 9.17) is 11.6 Å². The molecule has 1 unspecified atom stereocenters. The predicted molar refractivity (Wildman–Crippen MR) is 42.9 cm³/mol. The molecule has 10 heavy (non-hydrogen) atoms. The van der Waals surface area contributed by atoms with E-state index in [0.717, 1.165) is 5.03 Å². The van der Waals surface area contributed by atoms with E-state index < -0.39 is 5.60 Å². The lowest BCUT2D eigenvalue weighted by molar-refractivity contribution is 0.0878. The molecule has 0 spiro atoms. The topological polar surface area (TPSA) is 20.2 Å². The Labute approximate surface area is 66.0 Å². The molecule has 0 radical (unpaired) electrons. The standard InChI is InChI=1S/C8H11ClO/c1-2-8(10)5-3-4-7(9)6-8/h3-5,10H,2,6H2,1H3. The fraction of sp³-hybridized carbons (Fsp3) is 0.500. The van der Waals surface area contributed by atoms with E-state index in [0.29, 0.717) is 12.8 Å². The van der Waals surface area contributed by atoms with Gasteiger partial charge in [0.05, 0.1) is 5.60 Å². The molecular weight excluding hydrogens is 148 g/mol. The Hall–Kier alpha value is -0.270. The lowest BCUT2D eigenvalue weighted by atomic mass is 9.93. The zero-order valence-electron chi connectivity index (χ0n) is 5.97. The van der Waals surface area contributed by atoms with Gasteiger partial charge in [0.25, 0.3) is 0 Å². The Balaban J connectivity index is 2.71. The van der Waals surface area contributed by atoms with Crippen molar-refractivity contribution < 1.29 is 5.11 Å². The van der Waals surface area contributed by atoms with Gasteiger partial charge in [-0.2, -0.15) is 0 Å². The average molecular weight is 159 g/mol. The van der Waals surface area contributed by atoms with Crippen molar-refractivity contribution in [3.8, 4) is 0 Å². The van der Waals surface area contributed by atoms with Crippen LogP contribution in [0.25, 0.3) is 0 Å². The molecule has 1 N–H and O–H groups in total. The van der Waals surface area contributed by atoms with Crippen molar-refractivity contribution in [1.82, 2.24) is 0 Å². The fourth-order valence-electron chi connectivity index (χ4n) is 0.985. The Kier molecular flexibility index (Phi) is 2.17. The number of hydrogen-bond donors (Lipinski definition) is 1. The van der Waals surface area contributed by atoms with Crippen LogP contribution in [0.1, 0.15) is 19.8 Å². The molecule has 0 aromatic rings. The molecule has 1 rings (SSSR count). The molecule has 0 aromatic heterocycles. The number of rotatable bonds is 1. The third-order valence-corrected chi connectivity index (χ3v) is 2.03. The molecule has 1 nitrogen and oxygen atoms in total. The largest absolute Gasteiger partial charge is 0.385 e. The first-order valence-electron chi connectivity index (χ1n) is 3.42. The summed E-state index contributed by atoms with van der Waals surface area (Å²) in [4.78, 5) is 0. The molecule has 1 aliphatic carbocycles. The molecule has 0 aliphatic heterocycles. The second-order valence-electron chi connectivity index (χ2n) is 2.61. The smallest absolute Gasteiger partial charge is 0.0876 e. The van der Waals surface area contributed by atoms with Gasteiger partial charge in [0, 0.05) is 11.5 Å². The van der Waals surface area contributed by atoms with Crippen LogP contribution < -0.4 is 0 Å². The highest BCUT2D eigenvalue weighted by Gasteiger charge is 2.23. The number of aliphatic hydroxyl groups is 1. The minimum Gasteiger partial charge on any atom is -0.385 e. The van der Waals surface area contributed by atoms with Crippen LogP contribution in [0, 0.1) is 0 Å². The van der Waals surface area contributed by atoms with Gasteiger partial charge >= 0.3 is 0 Å². The van der Waals surface area contributed by atoms with E-state index in [1.165, 1.54) is 0 Å². The summed E-state index contributed by atoms with van der Waals surface area (Å²) in [5, 5.41) is 10.4. The molecule has 1 aliphatic rings. The van der Waals surface area contributed by atoms with Crippen LogP contribution in [0.3, 0.4) is 0 Å². The molecule has 0 saturated heterocycles. The van der Waals surface area contributed by atoms with Gasteiger partial charge in [0.15, 0.2) is 0 Å². The van der Waals surface area contributed by atoms with Gasteiger partial charge in [-0.05, 0) is 12.5 Å². The first kappa shape index (κ1) is 7.83. The Morgan fingerprint density at radius 3 is 2.90 bits per heavy atom. The number of halogens is 1. The van der Waals surface area contributed by atoms with Crippen LogP contribution in [-0.2, 0) is 0 Å². The van der Waals surface area contributed by atoms with E-state index in [9.17, 15) is 5.11 Å². The van der Waals surface area contributed by atoms with Crippen LogP contribution in [0.4, 0.5) is 0 Å². The van der Waals surface area contributed by atoms with Crippen LogP contribution in [0.2, 0.25) is 0 Å². The van der Waals surface area contributed by atoms with Crippen LogP contribution in [0.15, 0.2) is 23.3 Å². The van der Waals surface area contributed by atoms with E-state index in [1.54, 1.807) is 12.2 Å². The molecule has 0 saturated carbocycles. The van der Waals surface area contributed by atoms with Crippen LogP contribution >= 0.6 is 11.6 Å². The second kappa shape index (κ2) is 2.77. The highest BCUT2D eigenvalue weighted by atomic mass is 35.5. The van der Waals surface area contributed by atoms with E-state index in [-0.39, 0.29) is 0 Å². The number of hydrogen-bond acceptors (Lipinski definition) is 1. The third kappa shape index (κ3) is 1.61. The molecular formula is C8H11ClO. The first-order chi connectivity index (χ1) is 4.66. The molecule has 2 heteroatoms. The molecule has 0 heterocycles. The fourth-order valence-corrected chi connectivity index (χ4v) is 1.29. The Morgan fingerprint density at radius 2 is 2.50 bits per heavy atom. The first-order valence-corrected chi connectivity index (χ1v) is 3.80. The molecule has 1 atom stereocenters. The molecule has 0 bridgehead atoms. The predicted octanol–water partition coefficient (Wildman–Crippen LogP) is 2.21. The zero-order chi connectivity index (χ0) is 7.61. The molecule has 0 amide bonds. The lowest BCUT2D eigenvalue weighted by Gasteiger charge is -2.24. The van der Waals surface area contributed by atoms with Crippen LogP contribution in [0.5, 0.6) is 0 Å². The zero-order valence-corrected chi connectivity index (χ0v) is 6.73. The van der Waals surface area contributed by atoms with Gasteiger partial charge in [-0.25, -0.2) is 0 Å². The molecule has 56 valence electrons. The van der Waals surface area contributed by atoms with Crippen molar-refractivity contribution in [3.63, 3.8) is 0 Å². The second-order valence-corrected chi connectivity index (χ2v) is 3.09. The maximum absolute atomic E-state index is 9.64. The van der Waals surface area contributed by atoms with Crippen molar-refractivity contribution >= 4 is 11.6 Å². The minimum absolute atomic E-state index is 0.557. The summed E-state index contributed by atoms with van der Waals surface area (Å²) in [5.74, 6) is 0. The Bertz CT molecular complexity index is 184. The summed E-state index contributed by atoms with van der Waals surface area (Å²) in [6, 6.07) is 0. The van der Waals surface area contributed by atoms with Crippen molar-refractivity contribution in [2.45, 2.75) is 25.4 Å². The highest BCUT2D eigenvalue weighted by Crippen LogP contribution is 2.27. The molecule has 0 fully saturated rings. The third-order valence-electron chi connectivity index (χ3n) is 1.77. The van der Waals surface area contributed by atoms with Gasteiger partial charge in [0.2, 0.25) is 0 Å². The maximum Gasteiger partial charge on any atom is 0.0876 e. The van der Waals surface area contributed by atoms with Gasteiger partial charge in [-0.15, -0.1) is 0 Å². The summed E-state index contributed by atoms with van der Waals surface area (Å²) >= 11 is 5.73. The molecule has 0 aromatic carbocycles. The lowest BCUT2D eigenvalue weighted by Crippen LogP contribution is -2.25. The van der Waals surface area contributed by atoms with E-state index in [2.05, 4.69) is 0 Å². The van der Waals surface area contributed by atoms with E-state index >= 15 is 0 Å². The van der Waals surface area contributed by atoms with Gasteiger partial charge in [-0.1, -0.05) is 30.7 Å². The van der Waals surface area contributed by atoms with Crippen molar-refractivity contribution in [1.29, 1.82) is 0 Å². The monoisotopic (exact) mass is 158 g/mol. The number of allylic oxidation sites excluding steroid dienone is 2.